The standard InChI is InChI=1S/C22H28N2O2S/c1-3-13-23-22(25)24-14-12-16-15-8-5-7-11-19(15)27-21(16)20(24)17-9-4-6-10-18(17)26-2/h4,6,9-10,20H,3,5,7-8,11-14H2,1-2H3,(H,23,25). The molecule has 0 spiro atoms. The van der Waals surface area contributed by atoms with Crippen molar-refractivity contribution in [3.63, 3.8) is 0 Å². The molecule has 4 nitrogen and oxygen atoms in total. The molecule has 2 aliphatic rings. The Morgan fingerprint density at radius 2 is 2.04 bits per heavy atom. The Bertz CT molecular complexity index is 830. The Labute approximate surface area is 165 Å². The lowest BCUT2D eigenvalue weighted by molar-refractivity contribution is 0.180. The van der Waals surface area contributed by atoms with Crippen molar-refractivity contribution in [2.45, 2.75) is 51.5 Å². The van der Waals surface area contributed by atoms with Crippen LogP contribution in [0, 0.1) is 0 Å². The second kappa shape index (κ2) is 7.93. The molecule has 0 radical (unpaired) electrons. The van der Waals surface area contributed by atoms with Crippen LogP contribution in [-0.4, -0.2) is 31.1 Å². The van der Waals surface area contributed by atoms with E-state index in [1.54, 1.807) is 17.6 Å². The number of hydrogen-bond donors (Lipinski definition) is 1. The Balaban J connectivity index is 1.80. The van der Waals surface area contributed by atoms with Crippen molar-refractivity contribution in [1.82, 2.24) is 10.2 Å². The molecule has 1 aromatic carbocycles. The van der Waals surface area contributed by atoms with Crippen molar-refractivity contribution in [3.8, 4) is 5.75 Å². The van der Waals surface area contributed by atoms with Gasteiger partial charge in [-0.25, -0.2) is 4.79 Å². The van der Waals surface area contributed by atoms with E-state index >= 15 is 0 Å². The molecule has 4 rings (SSSR count). The van der Waals surface area contributed by atoms with Crippen LogP contribution in [0.5, 0.6) is 5.75 Å². The average molecular weight is 385 g/mol. The van der Waals surface area contributed by atoms with E-state index in [2.05, 4.69) is 18.3 Å². The Morgan fingerprint density at radius 3 is 2.85 bits per heavy atom. The summed E-state index contributed by atoms with van der Waals surface area (Å²) < 4.78 is 5.67. The number of fused-ring (bicyclic) bond motifs is 3. The van der Waals surface area contributed by atoms with Crippen molar-refractivity contribution < 1.29 is 9.53 Å². The molecule has 27 heavy (non-hydrogen) atoms. The van der Waals surface area contributed by atoms with Gasteiger partial charge in [-0.1, -0.05) is 25.1 Å². The van der Waals surface area contributed by atoms with E-state index in [1.807, 2.05) is 34.4 Å². The van der Waals surface area contributed by atoms with Crippen LogP contribution in [0.4, 0.5) is 4.79 Å². The highest BCUT2D eigenvalue weighted by molar-refractivity contribution is 7.12. The molecule has 1 aliphatic carbocycles. The van der Waals surface area contributed by atoms with Gasteiger partial charge in [0.15, 0.2) is 0 Å². The van der Waals surface area contributed by atoms with Gasteiger partial charge < -0.3 is 15.0 Å². The number of urea groups is 1. The molecule has 1 atom stereocenters. The van der Waals surface area contributed by atoms with Crippen LogP contribution in [0.15, 0.2) is 24.3 Å². The Kier molecular flexibility index (Phi) is 5.39. The van der Waals surface area contributed by atoms with Gasteiger partial charge in [-0.15, -0.1) is 11.3 Å². The highest BCUT2D eigenvalue weighted by Crippen LogP contribution is 2.46. The lowest BCUT2D eigenvalue weighted by Gasteiger charge is -2.37. The minimum absolute atomic E-state index is 0.0322. The zero-order valence-electron chi connectivity index (χ0n) is 16.2. The van der Waals surface area contributed by atoms with E-state index in [-0.39, 0.29) is 12.1 Å². The molecule has 1 aromatic heterocycles. The number of aryl methyl sites for hydroxylation is 1. The third-order valence-electron chi connectivity index (χ3n) is 5.70. The number of nitrogens with zero attached hydrogens (tertiary/aromatic N) is 1. The molecule has 2 amide bonds. The van der Waals surface area contributed by atoms with Gasteiger partial charge in [-0.2, -0.15) is 0 Å². The summed E-state index contributed by atoms with van der Waals surface area (Å²) in [6.07, 6.45) is 6.86. The molecule has 5 heteroatoms. The first-order valence-corrected chi connectivity index (χ1v) is 10.9. The van der Waals surface area contributed by atoms with Crippen molar-refractivity contribution in [3.05, 3.63) is 50.7 Å². The van der Waals surface area contributed by atoms with Gasteiger partial charge in [0.25, 0.3) is 0 Å². The van der Waals surface area contributed by atoms with Gasteiger partial charge in [-0.3, -0.25) is 0 Å². The maximum Gasteiger partial charge on any atom is 0.318 e. The SMILES string of the molecule is CCCNC(=O)N1CCc2c(sc3c2CCCC3)C1c1ccccc1OC. The van der Waals surface area contributed by atoms with Gasteiger partial charge >= 0.3 is 6.03 Å². The average Bonchev–Trinajstić information content (AvgIpc) is 3.10. The lowest BCUT2D eigenvalue weighted by atomic mass is 9.88. The quantitative estimate of drug-likeness (QED) is 0.830. The lowest BCUT2D eigenvalue weighted by Crippen LogP contribution is -2.46. The molecular weight excluding hydrogens is 356 g/mol. The molecule has 1 N–H and O–H groups in total. The third kappa shape index (κ3) is 3.33. The van der Waals surface area contributed by atoms with Crippen molar-refractivity contribution in [2.24, 2.45) is 0 Å². The van der Waals surface area contributed by atoms with Crippen LogP contribution in [-0.2, 0) is 19.3 Å². The summed E-state index contributed by atoms with van der Waals surface area (Å²) in [4.78, 5) is 17.9. The zero-order chi connectivity index (χ0) is 18.8. The predicted molar refractivity (Wildman–Crippen MR) is 110 cm³/mol. The van der Waals surface area contributed by atoms with Crippen LogP contribution < -0.4 is 10.1 Å². The molecule has 2 aromatic rings. The molecule has 144 valence electrons. The topological polar surface area (TPSA) is 41.6 Å². The highest BCUT2D eigenvalue weighted by atomic mass is 32.1. The van der Waals surface area contributed by atoms with Crippen molar-refractivity contribution in [2.75, 3.05) is 20.2 Å². The smallest absolute Gasteiger partial charge is 0.318 e. The maximum absolute atomic E-state index is 13.0. The van der Waals surface area contributed by atoms with Crippen molar-refractivity contribution in [1.29, 1.82) is 0 Å². The van der Waals surface area contributed by atoms with Crippen LogP contribution in [0.1, 0.15) is 58.7 Å². The second-order valence-corrected chi connectivity index (χ2v) is 8.51. The number of nitrogens with one attached hydrogen (secondary N) is 1. The number of hydrogen-bond acceptors (Lipinski definition) is 3. The number of ether oxygens (including phenoxy) is 1. The summed E-state index contributed by atoms with van der Waals surface area (Å²) in [6, 6.07) is 8.12. The van der Waals surface area contributed by atoms with Crippen LogP contribution in [0.2, 0.25) is 0 Å². The van der Waals surface area contributed by atoms with E-state index in [0.717, 1.165) is 30.7 Å². The molecule has 1 aliphatic heterocycles. The number of rotatable bonds is 4. The normalized spacial score (nSPS) is 18.6. The zero-order valence-corrected chi connectivity index (χ0v) is 17.0. The van der Waals surface area contributed by atoms with Crippen LogP contribution >= 0.6 is 11.3 Å². The van der Waals surface area contributed by atoms with Gasteiger partial charge in [0.1, 0.15) is 5.75 Å². The first-order valence-electron chi connectivity index (χ1n) is 10.0. The Hall–Kier alpha value is -2.01. The minimum atomic E-state index is -0.0580. The number of benzene rings is 1. The van der Waals surface area contributed by atoms with E-state index in [4.69, 9.17) is 4.74 Å². The van der Waals surface area contributed by atoms with E-state index in [9.17, 15) is 4.79 Å². The largest absolute Gasteiger partial charge is 0.496 e. The summed E-state index contributed by atoms with van der Waals surface area (Å²) in [5.41, 5.74) is 4.17. The third-order valence-corrected chi connectivity index (χ3v) is 7.08. The fraction of sp³-hybridized carbons (Fsp3) is 0.500. The summed E-state index contributed by atoms with van der Waals surface area (Å²) in [6.45, 7) is 3.55. The number of carbonyl (C=O) groups is 1. The molecule has 0 saturated carbocycles. The molecule has 2 heterocycles. The van der Waals surface area contributed by atoms with Gasteiger partial charge in [0, 0.05) is 28.4 Å². The second-order valence-electron chi connectivity index (χ2n) is 7.37. The van der Waals surface area contributed by atoms with Crippen LogP contribution in [0.3, 0.4) is 0 Å². The maximum atomic E-state index is 13.0. The van der Waals surface area contributed by atoms with E-state index in [1.165, 1.54) is 36.1 Å². The predicted octanol–water partition coefficient (Wildman–Crippen LogP) is 4.70. The van der Waals surface area contributed by atoms with Crippen molar-refractivity contribution >= 4 is 17.4 Å². The summed E-state index contributed by atoms with van der Waals surface area (Å²) in [7, 11) is 1.71. The summed E-state index contributed by atoms with van der Waals surface area (Å²) in [5, 5.41) is 3.08. The monoisotopic (exact) mass is 384 g/mol. The van der Waals surface area contributed by atoms with Gasteiger partial charge in [-0.05, 0) is 55.7 Å². The van der Waals surface area contributed by atoms with Crippen LogP contribution in [0.25, 0.3) is 0 Å². The highest BCUT2D eigenvalue weighted by Gasteiger charge is 2.37. The molecular formula is C22H28N2O2S. The van der Waals surface area contributed by atoms with Gasteiger partial charge in [0.2, 0.25) is 0 Å². The van der Waals surface area contributed by atoms with E-state index in [0.29, 0.717) is 6.54 Å². The number of para-hydroxylation sites is 1. The van der Waals surface area contributed by atoms with Gasteiger partial charge in [0.05, 0.1) is 13.2 Å². The first-order chi connectivity index (χ1) is 13.2. The summed E-state index contributed by atoms with van der Waals surface area (Å²) in [5.74, 6) is 0.856. The summed E-state index contributed by atoms with van der Waals surface area (Å²) >= 11 is 1.93. The molecule has 1 unspecified atom stereocenters. The Morgan fingerprint density at radius 1 is 1.22 bits per heavy atom. The number of thiophene rings is 1. The minimum Gasteiger partial charge on any atom is -0.496 e. The molecule has 0 saturated heterocycles. The first kappa shape index (κ1) is 18.4. The fourth-order valence-electron chi connectivity index (χ4n) is 4.40. The molecule has 0 fully saturated rings. The number of carbonyl (C=O) groups excluding carboxylic acids is 1. The number of amides is 2. The number of methoxy groups -OCH3 is 1. The van der Waals surface area contributed by atoms with E-state index < -0.39 is 0 Å². The fourth-order valence-corrected chi connectivity index (χ4v) is 5.98. The molecule has 0 bridgehead atoms.